The average molecular weight is 563 g/mol. The zero-order valence-corrected chi connectivity index (χ0v) is 21.7. The van der Waals surface area contributed by atoms with Gasteiger partial charge in [-0.05, 0) is 73.0 Å². The summed E-state index contributed by atoms with van der Waals surface area (Å²) in [5.74, 6) is -1.54. The number of hydrogen-bond acceptors (Lipinski definition) is 5. The fourth-order valence-electron chi connectivity index (χ4n) is 4.68. The highest BCUT2D eigenvalue weighted by molar-refractivity contribution is 8.18. The molecule has 1 aromatic heterocycles. The van der Waals surface area contributed by atoms with Gasteiger partial charge in [-0.2, -0.15) is 23.3 Å². The highest BCUT2D eigenvalue weighted by Gasteiger charge is 2.34. The van der Waals surface area contributed by atoms with Gasteiger partial charge < -0.3 is 10.0 Å². The zero-order valence-electron chi connectivity index (χ0n) is 20.1. The first-order valence-electron chi connectivity index (χ1n) is 11.8. The van der Waals surface area contributed by atoms with Crippen molar-refractivity contribution in [1.82, 2.24) is 14.7 Å². The number of aromatic nitrogens is 2. The van der Waals surface area contributed by atoms with E-state index in [0.29, 0.717) is 47.2 Å². The summed E-state index contributed by atoms with van der Waals surface area (Å²) in [4.78, 5) is 30.3. The standard InChI is InChI=1S/C26H22ClF3N4O3S/c1-14-19-10-15(11-22-23(35)31-25(38-22)33-8-6-16(7-9-33)24(36)37)2-5-21(19)34(32-14)13-17-3-4-18(27)12-20(17)26(28,29)30/h2-5,10-12,16H,6-9,13H2,1H3,(H,36,37). The van der Waals surface area contributed by atoms with Crippen LogP contribution in [0.4, 0.5) is 13.2 Å². The molecule has 1 N–H and O–H groups in total. The Kier molecular flexibility index (Phi) is 6.99. The van der Waals surface area contributed by atoms with Crippen LogP contribution in [-0.4, -0.2) is 49.9 Å². The fraction of sp³-hybridized carbons (Fsp3) is 0.308. The van der Waals surface area contributed by atoms with Crippen LogP contribution in [0, 0.1) is 12.8 Å². The third kappa shape index (κ3) is 5.30. The molecular weight excluding hydrogens is 541 g/mol. The second kappa shape index (κ2) is 10.1. The Morgan fingerprint density at radius 3 is 2.63 bits per heavy atom. The van der Waals surface area contributed by atoms with Gasteiger partial charge in [0.1, 0.15) is 0 Å². The van der Waals surface area contributed by atoms with Crippen LogP contribution in [0.25, 0.3) is 17.0 Å². The second-order valence-corrected chi connectivity index (χ2v) is 10.7. The number of halogens is 4. The Morgan fingerprint density at radius 1 is 1.21 bits per heavy atom. The van der Waals surface area contributed by atoms with Crippen molar-refractivity contribution < 1.29 is 27.9 Å². The molecule has 0 bridgehead atoms. The van der Waals surface area contributed by atoms with Crippen LogP contribution in [0.15, 0.2) is 46.3 Å². The first kappa shape index (κ1) is 26.3. The maximum Gasteiger partial charge on any atom is 0.416 e. The molecule has 7 nitrogen and oxygen atoms in total. The monoisotopic (exact) mass is 562 g/mol. The van der Waals surface area contributed by atoms with Gasteiger partial charge in [-0.15, -0.1) is 0 Å². The van der Waals surface area contributed by atoms with E-state index in [1.807, 2.05) is 11.0 Å². The summed E-state index contributed by atoms with van der Waals surface area (Å²) in [7, 11) is 0. The molecule has 1 amide bonds. The van der Waals surface area contributed by atoms with Crippen molar-refractivity contribution in [3.8, 4) is 0 Å². The summed E-state index contributed by atoms with van der Waals surface area (Å²) in [5, 5.41) is 15.0. The number of fused-ring (bicyclic) bond motifs is 1. The number of carbonyl (C=O) groups is 2. The molecule has 0 aliphatic carbocycles. The predicted molar refractivity (Wildman–Crippen MR) is 140 cm³/mol. The number of benzene rings is 2. The molecule has 2 aliphatic heterocycles. The average Bonchev–Trinajstić information content (AvgIpc) is 3.38. The predicted octanol–water partition coefficient (Wildman–Crippen LogP) is 5.83. The Balaban J connectivity index is 1.36. The van der Waals surface area contributed by atoms with Gasteiger partial charge in [0.05, 0.1) is 34.1 Å². The summed E-state index contributed by atoms with van der Waals surface area (Å²) in [6.07, 6.45) is -1.81. The number of amides is 1. The third-order valence-corrected chi connectivity index (χ3v) is 7.96. The molecule has 2 aliphatic rings. The van der Waals surface area contributed by atoms with E-state index in [1.54, 1.807) is 25.1 Å². The molecule has 2 aromatic carbocycles. The minimum Gasteiger partial charge on any atom is -0.481 e. The number of piperidine rings is 1. The van der Waals surface area contributed by atoms with Crippen molar-refractivity contribution in [2.75, 3.05) is 13.1 Å². The van der Waals surface area contributed by atoms with Crippen molar-refractivity contribution in [3.63, 3.8) is 0 Å². The van der Waals surface area contributed by atoms with E-state index >= 15 is 0 Å². The SMILES string of the molecule is Cc1nn(Cc2ccc(Cl)cc2C(F)(F)F)c2ccc(C=C3SC(N4CCC(C(=O)O)CC4)=NC3=O)cc12. The molecule has 3 aromatic rings. The number of carboxylic acid groups (broad SMARTS) is 1. The topological polar surface area (TPSA) is 87.8 Å². The number of aliphatic imine (C=N–C) groups is 1. The zero-order chi connectivity index (χ0) is 27.2. The molecule has 1 saturated heterocycles. The number of hydrogen-bond donors (Lipinski definition) is 1. The molecular formula is C26H22ClF3N4O3S. The van der Waals surface area contributed by atoms with E-state index in [0.717, 1.165) is 17.0 Å². The van der Waals surface area contributed by atoms with Gasteiger partial charge in [-0.3, -0.25) is 14.3 Å². The van der Waals surface area contributed by atoms with Gasteiger partial charge in [0.2, 0.25) is 0 Å². The molecule has 12 heteroatoms. The van der Waals surface area contributed by atoms with Crippen LogP contribution in [0.2, 0.25) is 5.02 Å². The van der Waals surface area contributed by atoms with Crippen molar-refractivity contribution in [2.24, 2.45) is 10.9 Å². The number of carboxylic acids is 1. The minimum atomic E-state index is -4.55. The lowest BCUT2D eigenvalue weighted by molar-refractivity contribution is -0.143. The van der Waals surface area contributed by atoms with Crippen molar-refractivity contribution in [1.29, 1.82) is 0 Å². The number of amidine groups is 1. The summed E-state index contributed by atoms with van der Waals surface area (Å²) in [5.41, 5.74) is 1.30. The highest BCUT2D eigenvalue weighted by Crippen LogP contribution is 2.35. The van der Waals surface area contributed by atoms with E-state index in [9.17, 15) is 27.9 Å². The van der Waals surface area contributed by atoms with Crippen LogP contribution in [0.5, 0.6) is 0 Å². The molecule has 1 fully saturated rings. The van der Waals surface area contributed by atoms with Gasteiger partial charge >= 0.3 is 12.1 Å². The van der Waals surface area contributed by atoms with Gasteiger partial charge in [-0.25, -0.2) is 0 Å². The lowest BCUT2D eigenvalue weighted by atomic mass is 9.98. The third-order valence-electron chi connectivity index (χ3n) is 6.68. The maximum absolute atomic E-state index is 13.6. The van der Waals surface area contributed by atoms with Crippen molar-refractivity contribution >= 4 is 57.4 Å². The number of aliphatic carboxylic acids is 1. The van der Waals surface area contributed by atoms with E-state index in [1.165, 1.54) is 28.6 Å². The van der Waals surface area contributed by atoms with E-state index in [4.69, 9.17) is 11.6 Å². The minimum absolute atomic E-state index is 0.0106. The number of rotatable bonds is 4. The number of thioether (sulfide) groups is 1. The van der Waals surface area contributed by atoms with E-state index < -0.39 is 17.7 Å². The molecule has 0 spiro atoms. The van der Waals surface area contributed by atoms with Crippen molar-refractivity contribution in [3.05, 3.63) is 68.7 Å². The number of likely N-dealkylation sites (tertiary alicyclic amines) is 1. The van der Waals surface area contributed by atoms with Crippen LogP contribution in [-0.2, 0) is 22.3 Å². The van der Waals surface area contributed by atoms with Crippen molar-refractivity contribution in [2.45, 2.75) is 32.5 Å². The lowest BCUT2D eigenvalue weighted by Crippen LogP contribution is -2.38. The Morgan fingerprint density at radius 2 is 1.95 bits per heavy atom. The Bertz CT molecular complexity index is 1510. The summed E-state index contributed by atoms with van der Waals surface area (Å²) < 4.78 is 42.2. The second-order valence-electron chi connectivity index (χ2n) is 9.23. The summed E-state index contributed by atoms with van der Waals surface area (Å²) in [6, 6.07) is 9.10. The van der Waals surface area contributed by atoms with Crippen LogP contribution in [0.1, 0.15) is 35.2 Å². The fourth-order valence-corrected chi connectivity index (χ4v) is 5.82. The van der Waals surface area contributed by atoms with Gasteiger partial charge in [0, 0.05) is 23.5 Å². The molecule has 38 heavy (non-hydrogen) atoms. The van der Waals surface area contributed by atoms with E-state index in [-0.39, 0.29) is 29.0 Å². The molecule has 0 radical (unpaired) electrons. The van der Waals surface area contributed by atoms with E-state index in [2.05, 4.69) is 10.1 Å². The highest BCUT2D eigenvalue weighted by atomic mass is 35.5. The lowest BCUT2D eigenvalue weighted by Gasteiger charge is -2.30. The Hall–Kier alpha value is -3.31. The number of alkyl halides is 3. The number of aryl methyl sites for hydroxylation is 1. The molecule has 0 saturated carbocycles. The van der Waals surface area contributed by atoms with Gasteiger partial charge in [0.25, 0.3) is 5.91 Å². The summed E-state index contributed by atoms with van der Waals surface area (Å²) in [6.45, 7) is 2.75. The molecule has 5 rings (SSSR count). The quantitative estimate of drug-likeness (QED) is 0.402. The van der Waals surface area contributed by atoms with Gasteiger partial charge in [0.15, 0.2) is 5.17 Å². The smallest absolute Gasteiger partial charge is 0.416 e. The summed E-state index contributed by atoms with van der Waals surface area (Å²) >= 11 is 7.06. The maximum atomic E-state index is 13.6. The molecule has 0 unspecified atom stereocenters. The van der Waals surface area contributed by atoms with Crippen LogP contribution >= 0.6 is 23.4 Å². The first-order chi connectivity index (χ1) is 18.0. The van der Waals surface area contributed by atoms with Crippen LogP contribution < -0.4 is 0 Å². The largest absolute Gasteiger partial charge is 0.481 e. The van der Waals surface area contributed by atoms with Gasteiger partial charge in [-0.1, -0.05) is 23.7 Å². The first-order valence-corrected chi connectivity index (χ1v) is 13.0. The molecule has 0 atom stereocenters. The molecule has 3 heterocycles. The Labute approximate surface area is 225 Å². The number of carbonyl (C=O) groups excluding carboxylic acids is 1. The van der Waals surface area contributed by atoms with Crippen LogP contribution in [0.3, 0.4) is 0 Å². The number of nitrogens with zero attached hydrogens (tertiary/aromatic N) is 4. The molecule has 198 valence electrons. The normalized spacial score (nSPS) is 18.0.